The van der Waals surface area contributed by atoms with Gasteiger partial charge in [0.25, 0.3) is 5.91 Å². The molecule has 1 atom stereocenters. The first-order valence-electron chi connectivity index (χ1n) is 15.6. The number of amides is 2. The van der Waals surface area contributed by atoms with Gasteiger partial charge in [0.05, 0.1) is 11.2 Å². The summed E-state index contributed by atoms with van der Waals surface area (Å²) >= 11 is 0. The largest absolute Gasteiger partial charge is 0.339 e. The number of likely N-dealkylation sites (tertiary alicyclic amines) is 1. The predicted octanol–water partition coefficient (Wildman–Crippen LogP) is 4.18. The molecule has 10 heteroatoms. The molecular weight excluding hydrogens is 566 g/mol. The number of carbonyl (C=O) groups excluding carboxylic acids is 3. The Hall–Kier alpha value is -4.12. The van der Waals surface area contributed by atoms with Crippen molar-refractivity contribution in [1.82, 2.24) is 29.8 Å². The van der Waals surface area contributed by atoms with E-state index >= 15 is 0 Å². The van der Waals surface area contributed by atoms with Crippen LogP contribution in [0.2, 0.25) is 0 Å². The van der Waals surface area contributed by atoms with Crippen molar-refractivity contribution in [3.05, 3.63) is 95.2 Å². The first kappa shape index (κ1) is 32.3. The van der Waals surface area contributed by atoms with Crippen molar-refractivity contribution in [2.75, 3.05) is 45.7 Å². The first-order valence-corrected chi connectivity index (χ1v) is 15.6. The van der Waals surface area contributed by atoms with Gasteiger partial charge in [-0.05, 0) is 64.6 Å². The molecule has 2 aliphatic heterocycles. The molecule has 0 spiro atoms. The lowest BCUT2D eigenvalue weighted by Gasteiger charge is -2.34. The number of benzene rings is 2. The van der Waals surface area contributed by atoms with Gasteiger partial charge in [-0.3, -0.25) is 29.3 Å². The minimum Gasteiger partial charge on any atom is -0.339 e. The summed E-state index contributed by atoms with van der Waals surface area (Å²) in [7, 11) is 6.11. The molecule has 5 rings (SSSR count). The standard InChI is InChI=1S/C35H45N7O3/c1-7-30(43)25-13-15-27(16-14-25)34(45)41-19-17-26(18-20-41)33(44)37-32-28-21-42(35(2,3)31(28)40(6)38-32)23-36-29(22-39(4)5)24-11-9-8-10-12-24/h7-16,26,29,36H,1,17-23H2,2-6H3,(H,37,38,44)/t29-/m1/s1. The topological polar surface area (TPSA) is 103 Å². The Morgan fingerprint density at radius 3 is 2.31 bits per heavy atom. The van der Waals surface area contributed by atoms with Crippen LogP contribution < -0.4 is 10.6 Å². The summed E-state index contributed by atoms with van der Waals surface area (Å²) in [5, 5.41) is 11.6. The second kappa shape index (κ2) is 13.5. The number of nitrogens with one attached hydrogen (secondary N) is 2. The maximum Gasteiger partial charge on any atom is 0.253 e. The Kier molecular flexibility index (Phi) is 9.67. The number of aryl methyl sites for hydroxylation is 1. The summed E-state index contributed by atoms with van der Waals surface area (Å²) in [6, 6.07) is 17.3. The molecule has 45 heavy (non-hydrogen) atoms. The lowest BCUT2D eigenvalue weighted by Crippen LogP contribution is -2.45. The number of ketones is 1. The number of aromatic nitrogens is 2. The summed E-state index contributed by atoms with van der Waals surface area (Å²) in [5.74, 6) is 0.0895. The van der Waals surface area contributed by atoms with E-state index in [1.165, 1.54) is 11.6 Å². The highest BCUT2D eigenvalue weighted by atomic mass is 16.2. The third-order valence-electron chi connectivity index (χ3n) is 9.14. The van der Waals surface area contributed by atoms with Gasteiger partial charge in [0.1, 0.15) is 0 Å². The molecule has 238 valence electrons. The number of likely N-dealkylation sites (N-methyl/N-ethyl adjacent to an activating group) is 1. The summed E-state index contributed by atoms with van der Waals surface area (Å²) < 4.78 is 1.90. The fourth-order valence-electron chi connectivity index (χ4n) is 6.57. The number of fused-ring (bicyclic) bond motifs is 1. The Morgan fingerprint density at radius 1 is 1.04 bits per heavy atom. The third kappa shape index (κ3) is 6.93. The van der Waals surface area contributed by atoms with Crippen molar-refractivity contribution >= 4 is 23.4 Å². The number of piperidine rings is 1. The second-order valence-corrected chi connectivity index (χ2v) is 12.8. The van der Waals surface area contributed by atoms with E-state index in [1.807, 2.05) is 17.8 Å². The second-order valence-electron chi connectivity index (χ2n) is 12.8. The number of hydrogen-bond donors (Lipinski definition) is 2. The van der Waals surface area contributed by atoms with E-state index in [0.717, 1.165) is 17.8 Å². The number of anilines is 1. The van der Waals surface area contributed by atoms with Crippen LogP contribution in [0.5, 0.6) is 0 Å². The van der Waals surface area contributed by atoms with E-state index in [4.69, 9.17) is 5.10 Å². The summed E-state index contributed by atoms with van der Waals surface area (Å²) in [6.45, 7) is 11.1. The maximum atomic E-state index is 13.4. The molecule has 2 aromatic carbocycles. The minimum atomic E-state index is -0.282. The highest BCUT2D eigenvalue weighted by molar-refractivity contribution is 6.05. The average molecular weight is 612 g/mol. The van der Waals surface area contributed by atoms with Crippen molar-refractivity contribution in [1.29, 1.82) is 0 Å². The molecular formula is C35H45N7O3. The van der Waals surface area contributed by atoms with E-state index in [9.17, 15) is 14.4 Å². The molecule has 1 saturated heterocycles. The van der Waals surface area contributed by atoms with Crippen LogP contribution in [0.4, 0.5) is 5.82 Å². The maximum absolute atomic E-state index is 13.4. The van der Waals surface area contributed by atoms with Gasteiger partial charge < -0.3 is 15.1 Å². The highest BCUT2D eigenvalue weighted by Crippen LogP contribution is 2.41. The van der Waals surface area contributed by atoms with Gasteiger partial charge >= 0.3 is 0 Å². The van der Waals surface area contributed by atoms with E-state index in [0.29, 0.717) is 56.1 Å². The average Bonchev–Trinajstić information content (AvgIpc) is 3.50. The van der Waals surface area contributed by atoms with Crippen LogP contribution in [0.3, 0.4) is 0 Å². The number of nitrogens with zero attached hydrogens (tertiary/aromatic N) is 5. The van der Waals surface area contributed by atoms with Gasteiger partial charge in [-0.25, -0.2) is 0 Å². The van der Waals surface area contributed by atoms with Crippen LogP contribution in [-0.2, 0) is 23.9 Å². The Labute approximate surface area is 266 Å². The van der Waals surface area contributed by atoms with Crippen molar-refractivity contribution in [2.24, 2.45) is 13.0 Å². The van der Waals surface area contributed by atoms with Crippen molar-refractivity contribution in [3.63, 3.8) is 0 Å². The molecule has 3 aromatic rings. The van der Waals surface area contributed by atoms with Gasteiger partial charge in [0.2, 0.25) is 5.91 Å². The van der Waals surface area contributed by atoms with Crippen LogP contribution in [0.25, 0.3) is 0 Å². The zero-order chi connectivity index (χ0) is 32.3. The molecule has 0 saturated carbocycles. The number of carbonyl (C=O) groups is 3. The number of rotatable bonds is 11. The van der Waals surface area contributed by atoms with E-state index in [-0.39, 0.29) is 35.1 Å². The quantitative estimate of drug-likeness (QED) is 0.248. The van der Waals surface area contributed by atoms with Gasteiger partial charge in [-0.1, -0.05) is 49.0 Å². The third-order valence-corrected chi connectivity index (χ3v) is 9.14. The van der Waals surface area contributed by atoms with Crippen LogP contribution in [0.1, 0.15) is 70.3 Å². The Balaban J connectivity index is 1.19. The smallest absolute Gasteiger partial charge is 0.253 e. The molecule has 0 bridgehead atoms. The van der Waals surface area contributed by atoms with E-state index in [2.05, 4.69) is 79.2 Å². The van der Waals surface area contributed by atoms with Crippen LogP contribution in [0.15, 0.2) is 67.3 Å². The Bertz CT molecular complexity index is 1540. The zero-order valence-corrected chi connectivity index (χ0v) is 27.0. The highest BCUT2D eigenvalue weighted by Gasteiger charge is 2.43. The molecule has 2 amide bonds. The molecule has 1 fully saturated rings. The van der Waals surface area contributed by atoms with E-state index < -0.39 is 0 Å². The lowest BCUT2D eigenvalue weighted by molar-refractivity contribution is -0.121. The van der Waals surface area contributed by atoms with Crippen molar-refractivity contribution in [3.8, 4) is 0 Å². The normalized spacial score (nSPS) is 17.2. The van der Waals surface area contributed by atoms with Gasteiger partial charge in [-0.15, -0.1) is 0 Å². The summed E-state index contributed by atoms with van der Waals surface area (Å²) in [5.41, 5.74) is 4.15. The molecule has 0 aliphatic carbocycles. The fourth-order valence-corrected chi connectivity index (χ4v) is 6.57. The first-order chi connectivity index (χ1) is 21.5. The van der Waals surface area contributed by atoms with E-state index in [1.54, 1.807) is 29.2 Å². The van der Waals surface area contributed by atoms with Gasteiger partial charge in [-0.2, -0.15) is 5.10 Å². The molecule has 0 radical (unpaired) electrons. The van der Waals surface area contributed by atoms with Crippen LogP contribution >= 0.6 is 0 Å². The summed E-state index contributed by atoms with van der Waals surface area (Å²) in [6.07, 6.45) is 2.41. The number of hydrogen-bond acceptors (Lipinski definition) is 7. The SMILES string of the molecule is C=CC(=O)c1ccc(C(=O)N2CCC(C(=O)Nc3nn(C)c4c3CN(CN[C@H](CN(C)C)c3ccccc3)C4(C)C)CC2)cc1. The minimum absolute atomic E-state index is 0.0557. The monoisotopic (exact) mass is 611 g/mol. The molecule has 1 aromatic heterocycles. The predicted molar refractivity (Wildman–Crippen MR) is 176 cm³/mol. The molecule has 2 aliphatic rings. The van der Waals surface area contributed by atoms with Crippen molar-refractivity contribution in [2.45, 2.75) is 44.8 Å². The van der Waals surface area contributed by atoms with Gasteiger partial charge in [0, 0.05) is 68.5 Å². The lowest BCUT2D eigenvalue weighted by atomic mass is 9.95. The van der Waals surface area contributed by atoms with Crippen LogP contribution in [-0.4, -0.2) is 82.5 Å². The molecule has 10 nitrogen and oxygen atoms in total. The fraction of sp³-hybridized carbons (Fsp3) is 0.429. The van der Waals surface area contributed by atoms with Crippen LogP contribution in [0, 0.1) is 5.92 Å². The Morgan fingerprint density at radius 2 is 1.69 bits per heavy atom. The van der Waals surface area contributed by atoms with Gasteiger partial charge in [0.15, 0.2) is 11.6 Å². The van der Waals surface area contributed by atoms with Crippen molar-refractivity contribution < 1.29 is 14.4 Å². The zero-order valence-electron chi connectivity index (χ0n) is 27.0. The molecule has 2 N–H and O–H groups in total. The number of allylic oxidation sites excluding steroid dienone is 1. The summed E-state index contributed by atoms with van der Waals surface area (Å²) in [4.78, 5) is 44.7. The molecule has 3 heterocycles. The molecule has 0 unspecified atom stereocenters.